The SMILES string of the molecule is NC(CC1CNc2ccc(-c3ccc(-c4ccccc4)s3)cc21)C(=O)O. The van der Waals surface area contributed by atoms with E-state index in [2.05, 4.69) is 47.8 Å². The summed E-state index contributed by atoms with van der Waals surface area (Å²) in [6.45, 7) is 0.736. The Labute approximate surface area is 156 Å². The molecule has 1 aromatic heterocycles. The average Bonchev–Trinajstić information content (AvgIpc) is 3.29. The lowest BCUT2D eigenvalue weighted by Gasteiger charge is -2.14. The number of carbonyl (C=O) groups is 1. The minimum atomic E-state index is -0.944. The Morgan fingerprint density at radius 2 is 1.85 bits per heavy atom. The van der Waals surface area contributed by atoms with Crippen LogP contribution in [0.25, 0.3) is 20.9 Å². The van der Waals surface area contributed by atoms with E-state index in [-0.39, 0.29) is 5.92 Å². The van der Waals surface area contributed by atoms with E-state index in [0.717, 1.165) is 23.4 Å². The fraction of sp³-hybridized carbons (Fsp3) is 0.190. The van der Waals surface area contributed by atoms with Gasteiger partial charge in [0.1, 0.15) is 6.04 Å². The molecular weight excluding hydrogens is 344 g/mol. The fourth-order valence-corrected chi connectivity index (χ4v) is 4.43. The molecular formula is C21H20N2O2S. The molecule has 0 fully saturated rings. The Morgan fingerprint density at radius 3 is 2.58 bits per heavy atom. The van der Waals surface area contributed by atoms with E-state index in [1.165, 1.54) is 15.3 Å². The number of nitrogens with two attached hydrogens (primary N) is 1. The molecule has 4 nitrogen and oxygen atoms in total. The molecule has 4 rings (SSSR count). The van der Waals surface area contributed by atoms with Crippen LogP contribution in [-0.4, -0.2) is 23.7 Å². The Balaban J connectivity index is 1.62. The zero-order valence-corrected chi connectivity index (χ0v) is 15.0. The van der Waals surface area contributed by atoms with Crippen LogP contribution < -0.4 is 11.1 Å². The van der Waals surface area contributed by atoms with Gasteiger partial charge in [-0.3, -0.25) is 4.79 Å². The number of fused-ring (bicyclic) bond motifs is 1. The van der Waals surface area contributed by atoms with Crippen molar-refractivity contribution in [2.24, 2.45) is 5.73 Å². The van der Waals surface area contributed by atoms with Crippen molar-refractivity contribution in [3.63, 3.8) is 0 Å². The predicted octanol–water partition coefficient (Wildman–Crippen LogP) is 4.39. The topological polar surface area (TPSA) is 75.3 Å². The van der Waals surface area contributed by atoms with Crippen LogP contribution >= 0.6 is 11.3 Å². The van der Waals surface area contributed by atoms with Gasteiger partial charge >= 0.3 is 5.97 Å². The molecule has 2 unspecified atom stereocenters. The van der Waals surface area contributed by atoms with Crippen LogP contribution in [0.5, 0.6) is 0 Å². The molecule has 0 aliphatic carbocycles. The van der Waals surface area contributed by atoms with Gasteiger partial charge < -0.3 is 16.2 Å². The quantitative estimate of drug-likeness (QED) is 0.627. The van der Waals surface area contributed by atoms with Crippen LogP contribution in [0.2, 0.25) is 0 Å². The van der Waals surface area contributed by atoms with Crippen LogP contribution in [0.4, 0.5) is 5.69 Å². The lowest BCUT2D eigenvalue weighted by molar-refractivity contribution is -0.138. The highest BCUT2D eigenvalue weighted by Gasteiger charge is 2.27. The number of hydrogen-bond donors (Lipinski definition) is 3. The zero-order chi connectivity index (χ0) is 18.1. The number of benzene rings is 2. The van der Waals surface area contributed by atoms with E-state index >= 15 is 0 Å². The number of nitrogens with one attached hydrogen (secondary N) is 1. The molecule has 0 saturated heterocycles. The van der Waals surface area contributed by atoms with Crippen molar-refractivity contribution in [2.45, 2.75) is 18.4 Å². The second-order valence-electron chi connectivity index (χ2n) is 6.59. The average molecular weight is 364 g/mol. The molecule has 2 aromatic carbocycles. The molecule has 4 N–H and O–H groups in total. The summed E-state index contributed by atoms with van der Waals surface area (Å²) in [5.41, 5.74) is 10.4. The Kier molecular flexibility index (Phi) is 4.49. The van der Waals surface area contributed by atoms with E-state index in [4.69, 9.17) is 10.8 Å². The van der Waals surface area contributed by atoms with E-state index in [1.807, 2.05) is 18.2 Å². The van der Waals surface area contributed by atoms with Crippen LogP contribution in [0.15, 0.2) is 60.7 Å². The Bertz CT molecular complexity index is 936. The number of anilines is 1. The van der Waals surface area contributed by atoms with Gasteiger partial charge in [0.25, 0.3) is 0 Å². The van der Waals surface area contributed by atoms with Gasteiger partial charge in [0.2, 0.25) is 0 Å². The van der Waals surface area contributed by atoms with Gasteiger partial charge in [-0.2, -0.15) is 0 Å². The van der Waals surface area contributed by atoms with E-state index in [9.17, 15) is 4.79 Å². The summed E-state index contributed by atoms with van der Waals surface area (Å²) in [6, 6.07) is 20.2. The van der Waals surface area contributed by atoms with Crippen LogP contribution in [0.1, 0.15) is 17.9 Å². The zero-order valence-electron chi connectivity index (χ0n) is 14.2. The number of carboxylic acids is 1. The summed E-state index contributed by atoms with van der Waals surface area (Å²) in [5, 5.41) is 12.4. The van der Waals surface area contributed by atoms with Crippen molar-refractivity contribution in [1.29, 1.82) is 0 Å². The van der Waals surface area contributed by atoms with E-state index in [1.54, 1.807) is 11.3 Å². The van der Waals surface area contributed by atoms with Crippen molar-refractivity contribution in [3.8, 4) is 20.9 Å². The maximum Gasteiger partial charge on any atom is 0.320 e. The molecule has 2 atom stereocenters. The molecule has 0 spiro atoms. The third-order valence-electron chi connectivity index (χ3n) is 4.83. The van der Waals surface area contributed by atoms with Crippen LogP contribution in [0.3, 0.4) is 0 Å². The van der Waals surface area contributed by atoms with E-state index < -0.39 is 12.0 Å². The third kappa shape index (κ3) is 3.23. The van der Waals surface area contributed by atoms with E-state index in [0.29, 0.717) is 6.42 Å². The normalized spacial score (nSPS) is 16.7. The highest BCUT2D eigenvalue weighted by atomic mass is 32.1. The molecule has 0 saturated carbocycles. The summed E-state index contributed by atoms with van der Waals surface area (Å²) >= 11 is 1.77. The number of thiophene rings is 1. The highest BCUT2D eigenvalue weighted by molar-refractivity contribution is 7.18. The fourth-order valence-electron chi connectivity index (χ4n) is 3.43. The van der Waals surface area contributed by atoms with Crippen molar-refractivity contribution in [3.05, 3.63) is 66.2 Å². The van der Waals surface area contributed by atoms with Crippen molar-refractivity contribution < 1.29 is 9.90 Å². The molecule has 3 aromatic rings. The third-order valence-corrected chi connectivity index (χ3v) is 6.02. The highest BCUT2D eigenvalue weighted by Crippen LogP contribution is 2.40. The van der Waals surface area contributed by atoms with Crippen molar-refractivity contribution in [2.75, 3.05) is 11.9 Å². The summed E-state index contributed by atoms with van der Waals surface area (Å²) in [4.78, 5) is 13.5. The number of aliphatic carboxylic acids is 1. The second kappa shape index (κ2) is 6.94. The van der Waals surface area contributed by atoms with Gasteiger partial charge in [-0.25, -0.2) is 0 Å². The van der Waals surface area contributed by atoms with Crippen LogP contribution in [0, 0.1) is 0 Å². The van der Waals surface area contributed by atoms with Crippen LogP contribution in [-0.2, 0) is 4.79 Å². The molecule has 1 aliphatic heterocycles. The first-order chi connectivity index (χ1) is 12.6. The Hall–Kier alpha value is -2.63. The first-order valence-electron chi connectivity index (χ1n) is 8.63. The lowest BCUT2D eigenvalue weighted by Crippen LogP contribution is -2.32. The van der Waals surface area contributed by atoms with Gasteiger partial charge in [-0.15, -0.1) is 11.3 Å². The molecule has 0 bridgehead atoms. The monoisotopic (exact) mass is 364 g/mol. The molecule has 132 valence electrons. The summed E-state index contributed by atoms with van der Waals surface area (Å²) in [7, 11) is 0. The molecule has 0 amide bonds. The number of hydrogen-bond acceptors (Lipinski definition) is 4. The molecule has 2 heterocycles. The summed E-state index contributed by atoms with van der Waals surface area (Å²) in [6.07, 6.45) is 0.443. The van der Waals surface area contributed by atoms with Crippen molar-refractivity contribution in [1.82, 2.24) is 0 Å². The largest absolute Gasteiger partial charge is 0.480 e. The van der Waals surface area contributed by atoms with Gasteiger partial charge in [0.15, 0.2) is 0 Å². The maximum absolute atomic E-state index is 11.1. The lowest BCUT2D eigenvalue weighted by atomic mass is 9.93. The van der Waals surface area contributed by atoms with Gasteiger partial charge in [0.05, 0.1) is 0 Å². The molecule has 0 radical (unpaired) electrons. The smallest absolute Gasteiger partial charge is 0.320 e. The minimum Gasteiger partial charge on any atom is -0.480 e. The molecule has 26 heavy (non-hydrogen) atoms. The van der Waals surface area contributed by atoms with Gasteiger partial charge in [-0.1, -0.05) is 36.4 Å². The first-order valence-corrected chi connectivity index (χ1v) is 9.45. The van der Waals surface area contributed by atoms with Gasteiger partial charge in [-0.05, 0) is 47.4 Å². The predicted molar refractivity (Wildman–Crippen MR) is 107 cm³/mol. The number of carboxylic acid groups (broad SMARTS) is 1. The molecule has 1 aliphatic rings. The molecule has 5 heteroatoms. The standard InChI is InChI=1S/C21H20N2O2S/c22-17(21(24)25)11-15-12-23-18-7-6-14(10-16(15)18)20-9-8-19(26-20)13-4-2-1-3-5-13/h1-10,15,17,23H,11-12,22H2,(H,24,25). The Morgan fingerprint density at radius 1 is 1.12 bits per heavy atom. The maximum atomic E-state index is 11.1. The summed E-state index contributed by atoms with van der Waals surface area (Å²) in [5.74, 6) is -0.815. The van der Waals surface area contributed by atoms with Gasteiger partial charge in [0, 0.05) is 27.9 Å². The second-order valence-corrected chi connectivity index (χ2v) is 7.67. The first kappa shape index (κ1) is 16.8. The minimum absolute atomic E-state index is 0.129. The number of rotatable bonds is 5. The summed E-state index contributed by atoms with van der Waals surface area (Å²) < 4.78 is 0. The van der Waals surface area contributed by atoms with Crippen molar-refractivity contribution >= 4 is 23.0 Å².